The summed E-state index contributed by atoms with van der Waals surface area (Å²) in [5, 5.41) is 14.3. The Morgan fingerprint density at radius 3 is 1.89 bits per heavy atom. The molecule has 0 radical (unpaired) electrons. The van der Waals surface area contributed by atoms with E-state index in [1.54, 1.807) is 0 Å². The van der Waals surface area contributed by atoms with Crippen molar-refractivity contribution in [2.45, 2.75) is 18.4 Å². The average Bonchev–Trinajstić information content (AvgIpc) is 2.75. The third-order valence-corrected chi connectivity index (χ3v) is 4.74. The number of Topliss-reactive ketones (excluding diaryl/α,β-unsaturated/α-hetero) is 1. The summed E-state index contributed by atoms with van der Waals surface area (Å²) in [6.07, 6.45) is -0.168. The van der Waals surface area contributed by atoms with Gasteiger partial charge < -0.3 is 10.4 Å². The normalized spacial score (nSPS) is 13.1. The molecule has 2 unspecified atom stereocenters. The van der Waals surface area contributed by atoms with Crippen LogP contribution in [0.1, 0.15) is 39.9 Å². The zero-order valence-corrected chi connectivity index (χ0v) is 15.3. The first-order chi connectivity index (χ1) is 13.3. The lowest BCUT2D eigenvalue weighted by molar-refractivity contribution is 0.0981. The number of hydrogen-bond acceptors (Lipinski definition) is 3. The molecule has 0 saturated heterocycles. The zero-order valence-electron chi connectivity index (χ0n) is 15.3. The van der Waals surface area contributed by atoms with Gasteiger partial charge in [-0.1, -0.05) is 91.0 Å². The Labute approximate surface area is 160 Å². The van der Waals surface area contributed by atoms with Gasteiger partial charge in [0.1, 0.15) is 0 Å². The third kappa shape index (κ3) is 5.36. The predicted octanol–water partition coefficient (Wildman–Crippen LogP) is 4.37. The molecule has 0 aromatic heterocycles. The molecule has 3 aromatic rings. The van der Waals surface area contributed by atoms with E-state index in [9.17, 15) is 9.90 Å². The van der Waals surface area contributed by atoms with Crippen molar-refractivity contribution in [3.05, 3.63) is 108 Å². The number of ketones is 1. The molecule has 138 valence electrons. The second-order valence-electron chi connectivity index (χ2n) is 6.62. The summed E-state index contributed by atoms with van der Waals surface area (Å²) in [6, 6.07) is 29.1. The van der Waals surface area contributed by atoms with Gasteiger partial charge in [-0.25, -0.2) is 0 Å². The molecule has 3 rings (SSSR count). The zero-order chi connectivity index (χ0) is 18.9. The Morgan fingerprint density at radius 1 is 0.778 bits per heavy atom. The van der Waals surface area contributed by atoms with Gasteiger partial charge in [0, 0.05) is 31.0 Å². The monoisotopic (exact) mass is 359 g/mol. The second kappa shape index (κ2) is 9.81. The third-order valence-electron chi connectivity index (χ3n) is 4.74. The van der Waals surface area contributed by atoms with Crippen molar-refractivity contribution in [2.75, 3.05) is 13.1 Å². The highest BCUT2D eigenvalue weighted by Crippen LogP contribution is 2.30. The van der Waals surface area contributed by atoms with Gasteiger partial charge in [-0.15, -0.1) is 0 Å². The maximum Gasteiger partial charge on any atom is 0.164 e. The van der Waals surface area contributed by atoms with Crippen LogP contribution < -0.4 is 5.32 Å². The first kappa shape index (κ1) is 19.0. The van der Waals surface area contributed by atoms with E-state index >= 15 is 0 Å². The highest BCUT2D eigenvalue weighted by atomic mass is 16.3. The Bertz CT molecular complexity index is 819. The molecule has 0 bridgehead atoms. The lowest BCUT2D eigenvalue weighted by atomic mass is 9.89. The van der Waals surface area contributed by atoms with E-state index in [1.807, 2.05) is 91.0 Å². The molecular weight excluding hydrogens is 334 g/mol. The highest BCUT2D eigenvalue weighted by molar-refractivity contribution is 5.96. The summed E-state index contributed by atoms with van der Waals surface area (Å²) in [5.41, 5.74) is 2.72. The van der Waals surface area contributed by atoms with Crippen molar-refractivity contribution in [2.24, 2.45) is 0 Å². The molecule has 0 spiro atoms. The molecule has 3 heteroatoms. The molecule has 2 N–H and O–H groups in total. The number of carbonyl (C=O) groups is 1. The molecular formula is C24H25NO2. The fraction of sp³-hybridized carbons (Fsp3) is 0.208. The molecule has 27 heavy (non-hydrogen) atoms. The standard InChI is InChI=1S/C24H25NO2/c26-23(20-12-6-2-7-13-20)16-17-25-18-22(19-10-4-1-5-11-19)24(27)21-14-8-3-9-15-21/h1-15,22,24-25,27H,16-18H2. The molecule has 0 aliphatic rings. The Hall–Kier alpha value is -2.75. The van der Waals surface area contributed by atoms with Crippen LogP contribution >= 0.6 is 0 Å². The molecule has 0 heterocycles. The molecule has 3 aromatic carbocycles. The summed E-state index contributed by atoms with van der Waals surface area (Å²) in [4.78, 5) is 12.2. The van der Waals surface area contributed by atoms with Gasteiger partial charge in [0.25, 0.3) is 0 Å². The van der Waals surface area contributed by atoms with Crippen LogP contribution in [-0.2, 0) is 0 Å². The summed E-state index contributed by atoms with van der Waals surface area (Å²) < 4.78 is 0. The number of carbonyl (C=O) groups excluding carboxylic acids is 1. The van der Waals surface area contributed by atoms with Crippen molar-refractivity contribution in [1.29, 1.82) is 0 Å². The van der Waals surface area contributed by atoms with Crippen LogP contribution in [-0.4, -0.2) is 24.0 Å². The SMILES string of the molecule is O=C(CCNCC(c1ccccc1)C(O)c1ccccc1)c1ccccc1. The molecule has 0 fully saturated rings. The van der Waals surface area contributed by atoms with Crippen molar-refractivity contribution in [3.63, 3.8) is 0 Å². The Balaban J connectivity index is 1.61. The van der Waals surface area contributed by atoms with Gasteiger partial charge in [0.2, 0.25) is 0 Å². The van der Waals surface area contributed by atoms with Crippen LogP contribution in [0.2, 0.25) is 0 Å². The van der Waals surface area contributed by atoms with Gasteiger partial charge in [-0.2, -0.15) is 0 Å². The van der Waals surface area contributed by atoms with Crippen LogP contribution in [0.4, 0.5) is 0 Å². The van der Waals surface area contributed by atoms with E-state index < -0.39 is 6.10 Å². The predicted molar refractivity (Wildman–Crippen MR) is 109 cm³/mol. The van der Waals surface area contributed by atoms with E-state index in [4.69, 9.17) is 0 Å². The smallest absolute Gasteiger partial charge is 0.164 e. The summed E-state index contributed by atoms with van der Waals surface area (Å²) in [7, 11) is 0. The van der Waals surface area contributed by atoms with E-state index in [2.05, 4.69) is 5.32 Å². The lowest BCUT2D eigenvalue weighted by Crippen LogP contribution is -2.27. The maximum atomic E-state index is 12.2. The maximum absolute atomic E-state index is 12.2. The van der Waals surface area contributed by atoms with Gasteiger partial charge in [-0.05, 0) is 11.1 Å². The number of hydrogen-bond donors (Lipinski definition) is 2. The number of aliphatic hydroxyl groups excluding tert-OH is 1. The highest BCUT2D eigenvalue weighted by Gasteiger charge is 2.22. The van der Waals surface area contributed by atoms with Crippen molar-refractivity contribution in [1.82, 2.24) is 5.32 Å². The van der Waals surface area contributed by atoms with Crippen molar-refractivity contribution in [3.8, 4) is 0 Å². The van der Waals surface area contributed by atoms with Crippen LogP contribution in [0.5, 0.6) is 0 Å². The minimum atomic E-state index is -0.606. The van der Waals surface area contributed by atoms with E-state index in [0.717, 1.165) is 16.7 Å². The van der Waals surface area contributed by atoms with Crippen LogP contribution in [0.3, 0.4) is 0 Å². The summed E-state index contributed by atoms with van der Waals surface area (Å²) in [5.74, 6) is 0.0448. The van der Waals surface area contributed by atoms with Gasteiger partial charge >= 0.3 is 0 Å². The first-order valence-corrected chi connectivity index (χ1v) is 9.32. The molecule has 0 saturated carbocycles. The molecule has 0 amide bonds. The second-order valence-corrected chi connectivity index (χ2v) is 6.62. The van der Waals surface area contributed by atoms with E-state index in [1.165, 1.54) is 0 Å². The van der Waals surface area contributed by atoms with Crippen molar-refractivity contribution < 1.29 is 9.90 Å². The topological polar surface area (TPSA) is 49.3 Å². The fourth-order valence-electron chi connectivity index (χ4n) is 3.22. The number of aliphatic hydroxyl groups is 1. The van der Waals surface area contributed by atoms with E-state index in [0.29, 0.717) is 19.5 Å². The number of benzene rings is 3. The quantitative estimate of drug-likeness (QED) is 0.441. The first-order valence-electron chi connectivity index (χ1n) is 9.32. The average molecular weight is 359 g/mol. The van der Waals surface area contributed by atoms with Gasteiger partial charge in [0.15, 0.2) is 5.78 Å². The minimum Gasteiger partial charge on any atom is -0.388 e. The Kier molecular flexibility index (Phi) is 6.91. The Morgan fingerprint density at radius 2 is 1.30 bits per heavy atom. The van der Waals surface area contributed by atoms with Crippen LogP contribution in [0, 0.1) is 0 Å². The summed E-state index contributed by atoms with van der Waals surface area (Å²) in [6.45, 7) is 1.18. The van der Waals surface area contributed by atoms with E-state index in [-0.39, 0.29) is 11.7 Å². The number of rotatable bonds is 9. The number of nitrogens with one attached hydrogen (secondary N) is 1. The lowest BCUT2D eigenvalue weighted by Gasteiger charge is -2.24. The molecule has 3 nitrogen and oxygen atoms in total. The van der Waals surface area contributed by atoms with Crippen LogP contribution in [0.15, 0.2) is 91.0 Å². The summed E-state index contributed by atoms with van der Waals surface area (Å²) >= 11 is 0. The van der Waals surface area contributed by atoms with Gasteiger partial charge in [0.05, 0.1) is 6.10 Å². The minimum absolute atomic E-state index is 0.0829. The molecule has 0 aliphatic carbocycles. The van der Waals surface area contributed by atoms with Gasteiger partial charge in [-0.3, -0.25) is 4.79 Å². The largest absolute Gasteiger partial charge is 0.388 e. The van der Waals surface area contributed by atoms with Crippen LogP contribution in [0.25, 0.3) is 0 Å². The molecule has 2 atom stereocenters. The van der Waals surface area contributed by atoms with Crippen molar-refractivity contribution >= 4 is 5.78 Å². The molecule has 0 aliphatic heterocycles. The fourth-order valence-corrected chi connectivity index (χ4v) is 3.22.